The number of rotatable bonds is 5. The molecule has 2 aromatic rings. The monoisotopic (exact) mass is 467 g/mol. The van der Waals surface area contributed by atoms with Gasteiger partial charge in [0.2, 0.25) is 0 Å². The van der Waals surface area contributed by atoms with Crippen molar-refractivity contribution >= 4 is 11.9 Å². The third-order valence-corrected chi connectivity index (χ3v) is 6.31. The number of benzene rings is 2. The lowest BCUT2D eigenvalue weighted by Gasteiger charge is -2.35. The van der Waals surface area contributed by atoms with E-state index >= 15 is 0 Å². The molecular formula is C27H37N3O4. The summed E-state index contributed by atoms with van der Waals surface area (Å²) in [5.74, 6) is -0.199. The Kier molecular flexibility index (Phi) is 8.69. The molecule has 0 radical (unpaired) electrons. The summed E-state index contributed by atoms with van der Waals surface area (Å²) in [4.78, 5) is 29.7. The number of ether oxygens (including phenoxy) is 1. The normalized spacial score (nSPS) is 19.6. The summed E-state index contributed by atoms with van der Waals surface area (Å²) in [5, 5.41) is 12.8. The summed E-state index contributed by atoms with van der Waals surface area (Å²) in [7, 11) is 1.75. The molecule has 0 saturated heterocycles. The maximum absolute atomic E-state index is 13.8. The third kappa shape index (κ3) is 5.96. The van der Waals surface area contributed by atoms with Gasteiger partial charge in [-0.3, -0.25) is 4.79 Å². The summed E-state index contributed by atoms with van der Waals surface area (Å²) in [6, 6.07) is 15.0. The molecule has 0 fully saturated rings. The molecule has 0 aromatic heterocycles. The molecule has 0 bridgehead atoms. The van der Waals surface area contributed by atoms with Gasteiger partial charge in [0.25, 0.3) is 5.91 Å². The molecule has 1 heterocycles. The van der Waals surface area contributed by atoms with E-state index in [2.05, 4.69) is 5.32 Å². The summed E-state index contributed by atoms with van der Waals surface area (Å²) in [6.45, 7) is 8.72. The van der Waals surface area contributed by atoms with Crippen molar-refractivity contribution in [3.05, 3.63) is 59.7 Å². The molecule has 0 spiro atoms. The lowest BCUT2D eigenvalue weighted by atomic mass is 9.94. The maximum Gasteiger partial charge on any atom is 0.317 e. The van der Waals surface area contributed by atoms with Crippen molar-refractivity contribution in [2.45, 2.75) is 52.5 Å². The molecule has 34 heavy (non-hydrogen) atoms. The smallest absolute Gasteiger partial charge is 0.317 e. The molecule has 2 N–H and O–H groups in total. The highest BCUT2D eigenvalue weighted by Crippen LogP contribution is 2.31. The SMILES string of the molecule is CC(C)NC(=O)N(C)C[C@@H]1OCc2ccccc2-c2ccccc2C(=O)N([C@H](C)CO)C[C@H]1C. The number of nitrogens with one attached hydrogen (secondary N) is 1. The van der Waals surface area contributed by atoms with Crippen molar-refractivity contribution in [3.8, 4) is 11.1 Å². The molecule has 0 aliphatic carbocycles. The Morgan fingerprint density at radius 2 is 1.74 bits per heavy atom. The van der Waals surface area contributed by atoms with E-state index in [-0.39, 0.29) is 42.7 Å². The predicted octanol–water partition coefficient (Wildman–Crippen LogP) is 3.76. The average Bonchev–Trinajstić information content (AvgIpc) is 2.84. The quantitative estimate of drug-likeness (QED) is 0.702. The van der Waals surface area contributed by atoms with E-state index < -0.39 is 0 Å². The van der Waals surface area contributed by atoms with Crippen LogP contribution in [0.1, 0.15) is 43.6 Å². The van der Waals surface area contributed by atoms with Crippen molar-refractivity contribution in [1.29, 1.82) is 0 Å². The first-order valence-electron chi connectivity index (χ1n) is 11.9. The van der Waals surface area contributed by atoms with Gasteiger partial charge in [-0.25, -0.2) is 4.79 Å². The predicted molar refractivity (Wildman–Crippen MR) is 134 cm³/mol. The lowest BCUT2D eigenvalue weighted by Crippen LogP contribution is -2.49. The Bertz CT molecular complexity index is 993. The number of amides is 3. The summed E-state index contributed by atoms with van der Waals surface area (Å²) in [6.07, 6.45) is -0.307. The molecule has 2 aromatic carbocycles. The average molecular weight is 468 g/mol. The minimum atomic E-state index is -0.360. The molecule has 3 amide bonds. The number of carbonyl (C=O) groups is 2. The van der Waals surface area contributed by atoms with Crippen LogP contribution in [0.3, 0.4) is 0 Å². The van der Waals surface area contributed by atoms with Crippen molar-refractivity contribution < 1.29 is 19.4 Å². The number of nitrogens with zero attached hydrogens (tertiary/aromatic N) is 2. The maximum atomic E-state index is 13.8. The van der Waals surface area contributed by atoms with E-state index in [0.717, 1.165) is 16.7 Å². The van der Waals surface area contributed by atoms with E-state index in [0.29, 0.717) is 25.3 Å². The Hall–Kier alpha value is -2.90. The number of likely N-dealkylation sites (N-methyl/N-ethyl adjacent to an activating group) is 1. The van der Waals surface area contributed by atoms with Gasteiger partial charge >= 0.3 is 6.03 Å². The molecular weight excluding hydrogens is 430 g/mol. The molecule has 7 heteroatoms. The van der Waals surface area contributed by atoms with E-state index in [1.165, 1.54) is 0 Å². The number of urea groups is 1. The second-order valence-corrected chi connectivity index (χ2v) is 9.50. The topological polar surface area (TPSA) is 82.1 Å². The van der Waals surface area contributed by atoms with Gasteiger partial charge in [-0.05, 0) is 43.5 Å². The van der Waals surface area contributed by atoms with E-state index in [1.54, 1.807) is 16.8 Å². The van der Waals surface area contributed by atoms with Gasteiger partial charge in [0, 0.05) is 37.7 Å². The lowest BCUT2D eigenvalue weighted by molar-refractivity contribution is -0.0185. The number of hydrogen-bond donors (Lipinski definition) is 2. The Balaban J connectivity index is 2.02. The minimum absolute atomic E-state index is 0.0322. The van der Waals surface area contributed by atoms with Crippen LogP contribution in [0.25, 0.3) is 11.1 Å². The number of hydrogen-bond acceptors (Lipinski definition) is 4. The van der Waals surface area contributed by atoms with Gasteiger partial charge < -0.3 is 25.0 Å². The molecule has 1 aliphatic rings. The van der Waals surface area contributed by atoms with Crippen LogP contribution in [0, 0.1) is 5.92 Å². The standard InChI is InChI=1S/C27H37N3O4/c1-18(2)28-27(33)29(5)15-25-19(3)14-30(20(4)16-31)26(32)24-13-9-8-12-23(24)22-11-7-6-10-21(22)17-34-25/h6-13,18-20,25,31H,14-17H2,1-5H3,(H,28,33)/t19-,20-,25+/m1/s1. The van der Waals surface area contributed by atoms with Crippen LogP contribution >= 0.6 is 0 Å². The highest BCUT2D eigenvalue weighted by molar-refractivity contribution is 6.01. The van der Waals surface area contributed by atoms with Crippen LogP contribution < -0.4 is 5.32 Å². The second kappa shape index (κ2) is 11.5. The highest BCUT2D eigenvalue weighted by Gasteiger charge is 2.31. The van der Waals surface area contributed by atoms with Crippen LogP contribution in [0.15, 0.2) is 48.5 Å². The number of carbonyl (C=O) groups excluding carboxylic acids is 2. The van der Waals surface area contributed by atoms with Crippen molar-refractivity contribution in [1.82, 2.24) is 15.1 Å². The van der Waals surface area contributed by atoms with Crippen molar-refractivity contribution in [3.63, 3.8) is 0 Å². The summed E-state index contributed by atoms with van der Waals surface area (Å²) >= 11 is 0. The summed E-state index contributed by atoms with van der Waals surface area (Å²) in [5.41, 5.74) is 3.39. The first-order valence-corrected chi connectivity index (χ1v) is 11.9. The number of aliphatic hydroxyl groups excluding tert-OH is 1. The van der Waals surface area contributed by atoms with Crippen LogP contribution in [0.4, 0.5) is 4.79 Å². The van der Waals surface area contributed by atoms with E-state index in [4.69, 9.17) is 4.74 Å². The number of aliphatic hydroxyl groups is 1. The van der Waals surface area contributed by atoms with Gasteiger partial charge in [-0.1, -0.05) is 49.4 Å². The van der Waals surface area contributed by atoms with Crippen LogP contribution in [-0.2, 0) is 11.3 Å². The third-order valence-electron chi connectivity index (χ3n) is 6.31. The van der Waals surface area contributed by atoms with Gasteiger partial charge in [0.05, 0.1) is 25.4 Å². The fourth-order valence-electron chi connectivity index (χ4n) is 4.26. The molecule has 184 valence electrons. The summed E-state index contributed by atoms with van der Waals surface area (Å²) < 4.78 is 6.43. The van der Waals surface area contributed by atoms with Gasteiger partial charge in [-0.15, -0.1) is 0 Å². The Labute approximate surface area is 202 Å². The molecule has 0 unspecified atom stereocenters. The fraction of sp³-hybridized carbons (Fsp3) is 0.481. The molecule has 3 rings (SSSR count). The van der Waals surface area contributed by atoms with Crippen LogP contribution in [0.2, 0.25) is 0 Å². The Morgan fingerprint density at radius 1 is 1.12 bits per heavy atom. The van der Waals surface area contributed by atoms with Crippen LogP contribution in [-0.4, -0.2) is 71.8 Å². The van der Waals surface area contributed by atoms with Crippen molar-refractivity contribution in [2.24, 2.45) is 5.92 Å². The first kappa shape index (κ1) is 25.7. The molecule has 0 saturated carbocycles. The molecule has 3 atom stereocenters. The Morgan fingerprint density at radius 3 is 2.38 bits per heavy atom. The number of fused-ring (bicyclic) bond motifs is 3. The first-order chi connectivity index (χ1) is 16.2. The zero-order valence-corrected chi connectivity index (χ0v) is 20.8. The molecule has 1 aliphatic heterocycles. The van der Waals surface area contributed by atoms with E-state index in [9.17, 15) is 14.7 Å². The minimum Gasteiger partial charge on any atom is -0.394 e. The van der Waals surface area contributed by atoms with Gasteiger partial charge in [0.1, 0.15) is 0 Å². The van der Waals surface area contributed by atoms with Crippen LogP contribution in [0.5, 0.6) is 0 Å². The zero-order chi connectivity index (χ0) is 24.8. The molecule has 7 nitrogen and oxygen atoms in total. The highest BCUT2D eigenvalue weighted by atomic mass is 16.5. The second-order valence-electron chi connectivity index (χ2n) is 9.50. The van der Waals surface area contributed by atoms with E-state index in [1.807, 2.05) is 76.2 Å². The zero-order valence-electron chi connectivity index (χ0n) is 20.8. The fourth-order valence-corrected chi connectivity index (χ4v) is 4.26. The largest absolute Gasteiger partial charge is 0.394 e. The van der Waals surface area contributed by atoms with Gasteiger partial charge in [-0.2, -0.15) is 0 Å². The van der Waals surface area contributed by atoms with Crippen molar-refractivity contribution in [2.75, 3.05) is 26.7 Å². The van der Waals surface area contributed by atoms with Gasteiger partial charge in [0.15, 0.2) is 0 Å².